The molecule has 2 aromatic rings. The summed E-state index contributed by atoms with van der Waals surface area (Å²) in [7, 11) is 0. The Bertz CT molecular complexity index is 702. The number of fused-ring (bicyclic) bond motifs is 1. The summed E-state index contributed by atoms with van der Waals surface area (Å²) in [5, 5.41) is 0.282. The number of aromatic nitrogens is 3. The van der Waals surface area contributed by atoms with Gasteiger partial charge in [0, 0.05) is 12.2 Å². The molecule has 17 heavy (non-hydrogen) atoms. The highest BCUT2D eigenvalue weighted by Gasteiger charge is 2.11. The first-order chi connectivity index (χ1) is 7.91. The van der Waals surface area contributed by atoms with Crippen molar-refractivity contribution in [2.75, 3.05) is 0 Å². The average Bonchev–Trinajstić information content (AvgIpc) is 2.25. The molecule has 0 aliphatic heterocycles. The maximum Gasteiger partial charge on any atom is 0.255 e. The first kappa shape index (κ1) is 11.9. The Hall–Kier alpha value is -1.56. The van der Waals surface area contributed by atoms with Gasteiger partial charge in [-0.2, -0.15) is 0 Å². The second-order valence-corrected chi connectivity index (χ2v) is 4.55. The standard InChI is InChI=1S/C11H12FN3OS/c1-5(2)15-4-7-8(12)6(3)10(16)13-9(7)14-11(15)17/h4-5H,1-3H3,(H,13,14,16,17). The zero-order valence-electron chi connectivity index (χ0n) is 9.74. The average molecular weight is 253 g/mol. The van der Waals surface area contributed by atoms with E-state index in [1.165, 1.54) is 6.92 Å². The number of H-pyrrole nitrogens is 1. The maximum absolute atomic E-state index is 13.9. The van der Waals surface area contributed by atoms with Gasteiger partial charge in [0.05, 0.1) is 10.9 Å². The van der Waals surface area contributed by atoms with Gasteiger partial charge in [0.2, 0.25) is 4.77 Å². The molecule has 0 amide bonds. The zero-order chi connectivity index (χ0) is 12.7. The lowest BCUT2D eigenvalue weighted by atomic mass is 10.2. The van der Waals surface area contributed by atoms with Crippen LogP contribution in [0.5, 0.6) is 0 Å². The summed E-state index contributed by atoms with van der Waals surface area (Å²) in [5.74, 6) is -0.541. The Labute approximate surface area is 102 Å². The second-order valence-electron chi connectivity index (χ2n) is 4.18. The second kappa shape index (κ2) is 4.03. The van der Waals surface area contributed by atoms with Crippen LogP contribution in [0, 0.1) is 17.5 Å². The van der Waals surface area contributed by atoms with Gasteiger partial charge >= 0.3 is 0 Å². The van der Waals surface area contributed by atoms with Crippen LogP contribution in [-0.4, -0.2) is 14.5 Å². The normalized spacial score (nSPS) is 11.4. The van der Waals surface area contributed by atoms with Crippen molar-refractivity contribution in [1.82, 2.24) is 14.5 Å². The Kier molecular flexibility index (Phi) is 2.82. The number of aromatic amines is 1. The molecule has 0 unspecified atom stereocenters. The quantitative estimate of drug-likeness (QED) is 0.794. The van der Waals surface area contributed by atoms with Gasteiger partial charge in [-0.1, -0.05) is 0 Å². The van der Waals surface area contributed by atoms with E-state index >= 15 is 0 Å². The number of rotatable bonds is 1. The highest BCUT2D eigenvalue weighted by molar-refractivity contribution is 7.71. The van der Waals surface area contributed by atoms with Gasteiger partial charge in [0.1, 0.15) is 11.5 Å². The van der Waals surface area contributed by atoms with Gasteiger partial charge in [-0.05, 0) is 33.0 Å². The topological polar surface area (TPSA) is 50.7 Å². The maximum atomic E-state index is 13.9. The molecule has 0 radical (unpaired) electrons. The fourth-order valence-corrected chi connectivity index (χ4v) is 1.95. The van der Waals surface area contributed by atoms with Crippen molar-refractivity contribution >= 4 is 23.3 Å². The van der Waals surface area contributed by atoms with Crippen molar-refractivity contribution < 1.29 is 4.39 Å². The van der Waals surface area contributed by atoms with E-state index in [4.69, 9.17) is 12.2 Å². The van der Waals surface area contributed by atoms with E-state index in [-0.39, 0.29) is 22.6 Å². The lowest BCUT2D eigenvalue weighted by Gasteiger charge is -2.12. The summed E-state index contributed by atoms with van der Waals surface area (Å²) in [6.45, 7) is 5.30. The van der Waals surface area contributed by atoms with Gasteiger partial charge in [0.15, 0.2) is 0 Å². The fraction of sp³-hybridized carbons (Fsp3) is 0.364. The third-order valence-electron chi connectivity index (χ3n) is 2.65. The number of hydrogen-bond acceptors (Lipinski definition) is 3. The molecule has 0 atom stereocenters. The number of pyridine rings is 1. The molecule has 2 rings (SSSR count). The summed E-state index contributed by atoms with van der Waals surface area (Å²) < 4.78 is 15.9. The molecule has 0 bridgehead atoms. The third-order valence-corrected chi connectivity index (χ3v) is 2.95. The monoisotopic (exact) mass is 253 g/mol. The summed E-state index contributed by atoms with van der Waals surface area (Å²) in [6.07, 6.45) is 1.59. The first-order valence-corrected chi connectivity index (χ1v) is 5.64. The predicted octanol–water partition coefficient (Wildman–Crippen LogP) is 2.48. The molecule has 1 N–H and O–H groups in total. The molecule has 4 nitrogen and oxygen atoms in total. The molecule has 0 aliphatic carbocycles. The highest BCUT2D eigenvalue weighted by atomic mass is 32.1. The van der Waals surface area contributed by atoms with Crippen LogP contribution in [0.1, 0.15) is 25.5 Å². The summed E-state index contributed by atoms with van der Waals surface area (Å²) in [5.41, 5.74) is -0.217. The minimum atomic E-state index is -0.541. The Balaban J connectivity index is 2.95. The fourth-order valence-electron chi connectivity index (χ4n) is 1.60. The van der Waals surface area contributed by atoms with Crippen LogP contribution < -0.4 is 5.56 Å². The van der Waals surface area contributed by atoms with Gasteiger partial charge in [0.25, 0.3) is 5.56 Å². The molecule has 90 valence electrons. The minimum absolute atomic E-state index is 0.0618. The molecule has 6 heteroatoms. The zero-order valence-corrected chi connectivity index (χ0v) is 10.6. The molecular weight excluding hydrogens is 241 g/mol. The van der Waals surface area contributed by atoms with E-state index in [0.29, 0.717) is 4.77 Å². The molecule has 0 spiro atoms. The van der Waals surface area contributed by atoms with E-state index in [1.54, 1.807) is 10.8 Å². The van der Waals surface area contributed by atoms with Gasteiger partial charge in [-0.15, -0.1) is 0 Å². The lowest BCUT2D eigenvalue weighted by Crippen LogP contribution is -2.15. The molecule has 0 aromatic carbocycles. The van der Waals surface area contributed by atoms with Gasteiger partial charge in [-0.25, -0.2) is 9.37 Å². The van der Waals surface area contributed by atoms with E-state index in [2.05, 4.69) is 9.97 Å². The van der Waals surface area contributed by atoms with Crippen molar-refractivity contribution in [3.63, 3.8) is 0 Å². The minimum Gasteiger partial charge on any atom is -0.320 e. The molecule has 0 aliphatic rings. The summed E-state index contributed by atoms with van der Waals surface area (Å²) >= 11 is 5.08. The number of nitrogens with one attached hydrogen (secondary N) is 1. The van der Waals surface area contributed by atoms with E-state index in [0.717, 1.165) is 0 Å². The lowest BCUT2D eigenvalue weighted by molar-refractivity contribution is 0.575. The van der Waals surface area contributed by atoms with Gasteiger partial charge in [-0.3, -0.25) is 4.79 Å². The smallest absolute Gasteiger partial charge is 0.255 e. The van der Waals surface area contributed by atoms with E-state index < -0.39 is 11.4 Å². The van der Waals surface area contributed by atoms with Crippen LogP contribution in [-0.2, 0) is 0 Å². The van der Waals surface area contributed by atoms with E-state index in [1.807, 2.05) is 13.8 Å². The summed E-state index contributed by atoms with van der Waals surface area (Å²) in [6, 6.07) is 0.0889. The third kappa shape index (κ3) is 1.88. The largest absolute Gasteiger partial charge is 0.320 e. The van der Waals surface area contributed by atoms with Crippen LogP contribution in [0.15, 0.2) is 11.0 Å². The van der Waals surface area contributed by atoms with Crippen molar-refractivity contribution in [2.24, 2.45) is 0 Å². The number of halogens is 1. The Morgan fingerprint density at radius 2 is 2.18 bits per heavy atom. The van der Waals surface area contributed by atoms with Crippen molar-refractivity contribution in [2.45, 2.75) is 26.8 Å². The van der Waals surface area contributed by atoms with Crippen LogP contribution >= 0.6 is 12.2 Å². The number of hydrogen-bond donors (Lipinski definition) is 1. The molecule has 0 fully saturated rings. The van der Waals surface area contributed by atoms with Crippen LogP contribution in [0.25, 0.3) is 11.0 Å². The molecular formula is C11H12FN3OS. The van der Waals surface area contributed by atoms with E-state index in [9.17, 15) is 9.18 Å². The molecule has 2 aromatic heterocycles. The van der Waals surface area contributed by atoms with Crippen LogP contribution in [0.2, 0.25) is 0 Å². The van der Waals surface area contributed by atoms with Crippen LogP contribution in [0.3, 0.4) is 0 Å². The Morgan fingerprint density at radius 1 is 1.53 bits per heavy atom. The van der Waals surface area contributed by atoms with Crippen molar-refractivity contribution in [1.29, 1.82) is 0 Å². The molecule has 0 saturated heterocycles. The summed E-state index contributed by atoms with van der Waals surface area (Å²) in [4.78, 5) is 18.0. The SMILES string of the molecule is Cc1c(F)c2cn(C(C)C)c(=S)nc2[nH]c1=O. The predicted molar refractivity (Wildman–Crippen MR) is 66.3 cm³/mol. The highest BCUT2D eigenvalue weighted by Crippen LogP contribution is 2.16. The number of nitrogens with zero attached hydrogens (tertiary/aromatic N) is 2. The van der Waals surface area contributed by atoms with Gasteiger partial charge < -0.3 is 9.55 Å². The molecule has 2 heterocycles. The Morgan fingerprint density at radius 3 is 2.76 bits per heavy atom. The first-order valence-electron chi connectivity index (χ1n) is 5.23. The van der Waals surface area contributed by atoms with Crippen molar-refractivity contribution in [3.05, 3.63) is 32.7 Å². The van der Waals surface area contributed by atoms with Crippen LogP contribution in [0.4, 0.5) is 4.39 Å². The van der Waals surface area contributed by atoms with Crippen molar-refractivity contribution in [3.8, 4) is 0 Å². The molecule has 0 saturated carbocycles.